The van der Waals surface area contributed by atoms with E-state index in [1.807, 2.05) is 25.7 Å². The van der Waals surface area contributed by atoms with E-state index >= 15 is 0 Å². The third-order valence-corrected chi connectivity index (χ3v) is 7.26. The van der Waals surface area contributed by atoms with Gasteiger partial charge in [0.2, 0.25) is 0 Å². The number of nitrogens with one attached hydrogen (secondary N) is 3. The Morgan fingerprint density at radius 2 is 1.84 bits per heavy atom. The van der Waals surface area contributed by atoms with Crippen LogP contribution in [0.3, 0.4) is 0 Å². The third-order valence-electron chi connectivity index (χ3n) is 7.26. The first-order chi connectivity index (χ1) is 14.9. The first-order valence-corrected chi connectivity index (χ1v) is 11.9. The lowest BCUT2D eigenvalue weighted by molar-refractivity contribution is -0.113. The minimum Gasteiger partial charge on any atom is -0.444 e. The largest absolute Gasteiger partial charge is 0.444 e. The number of likely N-dealkylation sites (tertiary alicyclic amines) is 2. The number of rotatable bonds is 3. The van der Waals surface area contributed by atoms with Crippen LogP contribution in [0.15, 0.2) is 0 Å². The molecule has 5 aliphatic rings. The Morgan fingerprint density at radius 3 is 2.52 bits per heavy atom. The van der Waals surface area contributed by atoms with Crippen LogP contribution in [0.5, 0.6) is 0 Å². The predicted molar refractivity (Wildman–Crippen MR) is 113 cm³/mol. The van der Waals surface area contributed by atoms with Gasteiger partial charge in [0.15, 0.2) is 6.35 Å². The van der Waals surface area contributed by atoms with E-state index in [4.69, 9.17) is 14.3 Å². The van der Waals surface area contributed by atoms with Crippen molar-refractivity contribution in [3.05, 3.63) is 0 Å². The Morgan fingerprint density at radius 1 is 1.06 bits per heavy atom. The van der Waals surface area contributed by atoms with Crippen LogP contribution in [0.25, 0.3) is 0 Å². The Labute approximate surface area is 184 Å². The van der Waals surface area contributed by atoms with E-state index in [0.29, 0.717) is 23.9 Å². The van der Waals surface area contributed by atoms with Gasteiger partial charge in [0.1, 0.15) is 5.60 Å². The van der Waals surface area contributed by atoms with E-state index in [0.717, 1.165) is 65.2 Å². The summed E-state index contributed by atoms with van der Waals surface area (Å²) in [5.74, 6) is 1.05. The van der Waals surface area contributed by atoms with Gasteiger partial charge in [-0.2, -0.15) is 5.48 Å². The van der Waals surface area contributed by atoms with Crippen LogP contribution in [0.1, 0.15) is 40.0 Å². The molecule has 0 bridgehead atoms. The zero-order valence-electron chi connectivity index (χ0n) is 19.0. The van der Waals surface area contributed by atoms with Gasteiger partial charge in [-0.3, -0.25) is 20.5 Å². The number of hydroxylamine groups is 1. The van der Waals surface area contributed by atoms with Crippen molar-refractivity contribution >= 4 is 6.09 Å². The van der Waals surface area contributed by atoms with Crippen molar-refractivity contribution in [3.63, 3.8) is 0 Å². The van der Waals surface area contributed by atoms with Crippen LogP contribution in [0, 0.1) is 11.8 Å². The number of carbonyl (C=O) groups is 1. The van der Waals surface area contributed by atoms with Gasteiger partial charge < -0.3 is 14.4 Å². The number of piperidine rings is 2. The lowest BCUT2D eigenvalue weighted by Crippen LogP contribution is -2.59. The highest BCUT2D eigenvalue weighted by Gasteiger charge is 2.46. The molecule has 10 nitrogen and oxygen atoms in total. The number of fused-ring (bicyclic) bond motifs is 1. The summed E-state index contributed by atoms with van der Waals surface area (Å²) < 4.78 is 10.9. The average molecular weight is 439 g/mol. The van der Waals surface area contributed by atoms with Crippen LogP contribution in [0.2, 0.25) is 0 Å². The summed E-state index contributed by atoms with van der Waals surface area (Å²) in [6, 6.07) is 1.15. The number of ether oxygens (including phenoxy) is 2. The van der Waals surface area contributed by atoms with Crippen molar-refractivity contribution in [2.24, 2.45) is 11.8 Å². The molecule has 0 spiro atoms. The van der Waals surface area contributed by atoms with Crippen molar-refractivity contribution < 1.29 is 19.1 Å². The molecule has 10 heteroatoms. The summed E-state index contributed by atoms with van der Waals surface area (Å²) in [4.78, 5) is 22.5. The highest BCUT2D eigenvalue weighted by atomic mass is 16.7. The molecular formula is C21H38N6O4. The monoisotopic (exact) mass is 438 g/mol. The molecule has 0 radical (unpaired) electrons. The molecule has 5 rings (SSSR count). The summed E-state index contributed by atoms with van der Waals surface area (Å²) in [5.41, 5.74) is 6.39. The highest BCUT2D eigenvalue weighted by Crippen LogP contribution is 2.31. The van der Waals surface area contributed by atoms with Crippen molar-refractivity contribution in [2.45, 2.75) is 70.2 Å². The first-order valence-electron chi connectivity index (χ1n) is 11.9. The summed E-state index contributed by atoms with van der Waals surface area (Å²) >= 11 is 0. The number of hydrogen-bond donors (Lipinski definition) is 3. The van der Waals surface area contributed by atoms with Gasteiger partial charge in [-0.1, -0.05) is 0 Å². The molecular weight excluding hydrogens is 400 g/mol. The molecule has 0 aliphatic carbocycles. The summed E-state index contributed by atoms with van der Waals surface area (Å²) in [6.45, 7) is 12.0. The molecule has 0 saturated carbocycles. The van der Waals surface area contributed by atoms with Gasteiger partial charge >= 0.3 is 6.09 Å². The van der Waals surface area contributed by atoms with Crippen LogP contribution < -0.4 is 16.2 Å². The van der Waals surface area contributed by atoms with Gasteiger partial charge in [0, 0.05) is 44.7 Å². The second kappa shape index (κ2) is 8.74. The van der Waals surface area contributed by atoms with Crippen molar-refractivity contribution in [2.75, 3.05) is 45.9 Å². The van der Waals surface area contributed by atoms with Crippen LogP contribution >= 0.6 is 0 Å². The predicted octanol–water partition coefficient (Wildman–Crippen LogP) is 0.277. The number of hydrogen-bond acceptors (Lipinski definition) is 9. The lowest BCUT2D eigenvalue weighted by Gasteiger charge is -2.43. The highest BCUT2D eigenvalue weighted by molar-refractivity contribution is 5.68. The van der Waals surface area contributed by atoms with E-state index in [1.54, 1.807) is 0 Å². The van der Waals surface area contributed by atoms with Crippen LogP contribution in [-0.2, 0) is 14.3 Å². The molecule has 0 aromatic carbocycles. The fourth-order valence-corrected chi connectivity index (χ4v) is 5.46. The molecule has 5 fully saturated rings. The molecule has 5 heterocycles. The zero-order valence-corrected chi connectivity index (χ0v) is 19.0. The van der Waals surface area contributed by atoms with Crippen molar-refractivity contribution in [1.82, 2.24) is 31.0 Å². The van der Waals surface area contributed by atoms with Crippen molar-refractivity contribution in [1.29, 1.82) is 0 Å². The molecule has 31 heavy (non-hydrogen) atoms. The number of carbonyl (C=O) groups excluding carboxylic acids is 1. The first kappa shape index (κ1) is 21.8. The molecule has 0 aromatic rings. The van der Waals surface area contributed by atoms with Crippen LogP contribution in [0.4, 0.5) is 4.79 Å². The quantitative estimate of drug-likeness (QED) is 0.575. The summed E-state index contributed by atoms with van der Waals surface area (Å²) in [7, 11) is 0. The number of amides is 1. The molecule has 176 valence electrons. The second-order valence-corrected chi connectivity index (χ2v) is 10.6. The Kier molecular flexibility index (Phi) is 6.15. The average Bonchev–Trinajstić information content (AvgIpc) is 3.33. The Hall–Kier alpha value is -1.01. The number of hydrazine groups is 1. The number of nitrogens with zero attached hydrogens (tertiary/aromatic N) is 3. The van der Waals surface area contributed by atoms with E-state index in [-0.39, 0.29) is 18.6 Å². The van der Waals surface area contributed by atoms with Gasteiger partial charge in [-0.15, -0.1) is 0 Å². The second-order valence-electron chi connectivity index (χ2n) is 10.6. The fourth-order valence-electron chi connectivity index (χ4n) is 5.46. The zero-order chi connectivity index (χ0) is 21.6. The molecule has 3 N–H and O–H groups in total. The molecule has 5 saturated heterocycles. The van der Waals surface area contributed by atoms with Crippen LogP contribution in [-0.4, -0.2) is 97.0 Å². The third kappa shape index (κ3) is 4.71. The molecule has 5 aliphatic heterocycles. The van der Waals surface area contributed by atoms with E-state index in [1.165, 1.54) is 0 Å². The van der Waals surface area contributed by atoms with Crippen molar-refractivity contribution in [3.8, 4) is 0 Å². The van der Waals surface area contributed by atoms with Gasteiger partial charge in [0.05, 0.1) is 25.4 Å². The topological polar surface area (TPSA) is 90.6 Å². The normalized spacial score (nSPS) is 36.4. The molecule has 4 atom stereocenters. The van der Waals surface area contributed by atoms with Gasteiger partial charge in [0.25, 0.3) is 0 Å². The summed E-state index contributed by atoms with van der Waals surface area (Å²) in [6.07, 6.45) is 2.85. The molecule has 1 amide bonds. The minimum absolute atomic E-state index is 0.0871. The fraction of sp³-hybridized carbons (Fsp3) is 0.952. The minimum atomic E-state index is -0.450. The SMILES string of the molecule is CC(C)(C)OC(=O)N1CCC(C2NOC(N3CCC4C(CNN4C4COC4)C3)N2)CC1. The molecule has 4 unspecified atom stereocenters. The maximum atomic E-state index is 12.3. The maximum absolute atomic E-state index is 12.3. The van der Waals surface area contributed by atoms with Gasteiger partial charge in [-0.05, 0) is 46.0 Å². The van der Waals surface area contributed by atoms with Gasteiger partial charge in [-0.25, -0.2) is 9.80 Å². The molecule has 0 aromatic heterocycles. The summed E-state index contributed by atoms with van der Waals surface area (Å²) in [5, 5.41) is 6.11. The van der Waals surface area contributed by atoms with E-state index in [2.05, 4.69) is 26.1 Å². The smallest absolute Gasteiger partial charge is 0.410 e. The lowest BCUT2D eigenvalue weighted by atomic mass is 9.92. The standard InChI is InChI=1S/C21H38N6O4/c1-21(2,3)30-20(28)25-7-4-14(5-8-25)18-23-19(31-24-18)26-9-6-17-15(11-26)10-22-27(17)16-12-29-13-16/h14-19,22-24H,4-13H2,1-3H3. The Bertz CT molecular complexity index is 648. The Balaban J connectivity index is 1.07. The van der Waals surface area contributed by atoms with E-state index < -0.39 is 5.60 Å². The van der Waals surface area contributed by atoms with E-state index in [9.17, 15) is 4.79 Å². The maximum Gasteiger partial charge on any atom is 0.410 e.